The maximum atomic E-state index is 9.31. The standard InChI is InChI=1S/C10H21NO2/c1-13-8-10(12)5-7-11-6-4-9-2-3-9/h9-12H,2-8H2,1H3. The summed E-state index contributed by atoms with van der Waals surface area (Å²) in [6.07, 6.45) is 4.64. The van der Waals surface area contributed by atoms with Gasteiger partial charge in [0, 0.05) is 7.11 Å². The van der Waals surface area contributed by atoms with E-state index >= 15 is 0 Å². The van der Waals surface area contributed by atoms with Crippen molar-refractivity contribution < 1.29 is 9.84 Å². The van der Waals surface area contributed by atoms with Crippen molar-refractivity contribution in [3.8, 4) is 0 Å². The average molecular weight is 187 g/mol. The van der Waals surface area contributed by atoms with E-state index in [-0.39, 0.29) is 6.10 Å². The molecule has 1 aliphatic rings. The Kier molecular flexibility index (Phi) is 5.35. The number of methoxy groups -OCH3 is 1. The summed E-state index contributed by atoms with van der Waals surface area (Å²) in [7, 11) is 1.61. The summed E-state index contributed by atoms with van der Waals surface area (Å²) >= 11 is 0. The van der Waals surface area contributed by atoms with Crippen LogP contribution in [0, 0.1) is 5.92 Å². The van der Waals surface area contributed by atoms with Gasteiger partial charge in [-0.2, -0.15) is 0 Å². The monoisotopic (exact) mass is 187 g/mol. The summed E-state index contributed by atoms with van der Waals surface area (Å²) in [4.78, 5) is 0. The van der Waals surface area contributed by atoms with E-state index in [1.54, 1.807) is 7.11 Å². The minimum absolute atomic E-state index is 0.307. The summed E-state index contributed by atoms with van der Waals surface area (Å²) < 4.78 is 4.83. The highest BCUT2D eigenvalue weighted by molar-refractivity contribution is 4.73. The van der Waals surface area contributed by atoms with Gasteiger partial charge in [-0.3, -0.25) is 0 Å². The molecule has 0 aromatic heterocycles. The molecule has 0 amide bonds. The first kappa shape index (κ1) is 11.0. The molecule has 0 radical (unpaired) electrons. The minimum atomic E-state index is -0.307. The van der Waals surface area contributed by atoms with Gasteiger partial charge in [0.15, 0.2) is 0 Å². The van der Waals surface area contributed by atoms with Gasteiger partial charge in [-0.15, -0.1) is 0 Å². The van der Waals surface area contributed by atoms with Gasteiger partial charge in [0.2, 0.25) is 0 Å². The van der Waals surface area contributed by atoms with E-state index < -0.39 is 0 Å². The molecule has 0 aromatic carbocycles. The van der Waals surface area contributed by atoms with Gasteiger partial charge in [0.25, 0.3) is 0 Å². The molecule has 1 unspecified atom stereocenters. The van der Waals surface area contributed by atoms with Gasteiger partial charge in [0.1, 0.15) is 0 Å². The van der Waals surface area contributed by atoms with Gasteiger partial charge < -0.3 is 15.2 Å². The van der Waals surface area contributed by atoms with Crippen molar-refractivity contribution in [2.45, 2.75) is 31.8 Å². The molecule has 3 nitrogen and oxygen atoms in total. The van der Waals surface area contributed by atoms with Crippen LogP contribution in [0.3, 0.4) is 0 Å². The molecular formula is C10H21NO2. The summed E-state index contributed by atoms with van der Waals surface area (Å²) in [6, 6.07) is 0. The third kappa shape index (κ3) is 6.02. The SMILES string of the molecule is COCC(O)CCNCCC1CC1. The van der Waals surface area contributed by atoms with Crippen molar-refractivity contribution in [2.24, 2.45) is 5.92 Å². The normalized spacial score (nSPS) is 18.9. The van der Waals surface area contributed by atoms with E-state index in [0.29, 0.717) is 6.61 Å². The Morgan fingerprint density at radius 1 is 1.46 bits per heavy atom. The minimum Gasteiger partial charge on any atom is -0.391 e. The maximum Gasteiger partial charge on any atom is 0.0785 e. The lowest BCUT2D eigenvalue weighted by Crippen LogP contribution is -2.24. The van der Waals surface area contributed by atoms with Crippen LogP contribution in [0.2, 0.25) is 0 Å². The fourth-order valence-corrected chi connectivity index (χ4v) is 1.38. The molecule has 1 saturated carbocycles. The zero-order chi connectivity index (χ0) is 9.52. The van der Waals surface area contributed by atoms with Crippen LogP contribution in [0.5, 0.6) is 0 Å². The smallest absolute Gasteiger partial charge is 0.0785 e. The lowest BCUT2D eigenvalue weighted by molar-refractivity contribution is 0.0594. The van der Waals surface area contributed by atoms with E-state index in [1.165, 1.54) is 19.3 Å². The molecule has 1 rings (SSSR count). The molecule has 0 bridgehead atoms. The number of hydrogen-bond donors (Lipinski definition) is 2. The summed E-state index contributed by atoms with van der Waals surface area (Å²) in [5.74, 6) is 0.997. The van der Waals surface area contributed by atoms with Gasteiger partial charge in [-0.25, -0.2) is 0 Å². The lowest BCUT2D eigenvalue weighted by atomic mass is 10.2. The van der Waals surface area contributed by atoms with Crippen molar-refractivity contribution >= 4 is 0 Å². The van der Waals surface area contributed by atoms with Crippen molar-refractivity contribution in [2.75, 3.05) is 26.8 Å². The molecule has 2 N–H and O–H groups in total. The highest BCUT2D eigenvalue weighted by Gasteiger charge is 2.19. The van der Waals surface area contributed by atoms with Crippen LogP contribution in [-0.4, -0.2) is 38.0 Å². The average Bonchev–Trinajstić information content (AvgIpc) is 2.88. The number of nitrogens with one attached hydrogen (secondary N) is 1. The van der Waals surface area contributed by atoms with Crippen LogP contribution >= 0.6 is 0 Å². The van der Waals surface area contributed by atoms with E-state index in [0.717, 1.165) is 25.4 Å². The van der Waals surface area contributed by atoms with E-state index in [1.807, 2.05) is 0 Å². The number of rotatable bonds is 8. The van der Waals surface area contributed by atoms with Gasteiger partial charge >= 0.3 is 0 Å². The van der Waals surface area contributed by atoms with Gasteiger partial charge in [0.05, 0.1) is 12.7 Å². The Bertz CT molecular complexity index is 126. The van der Waals surface area contributed by atoms with Crippen LogP contribution in [0.1, 0.15) is 25.7 Å². The Balaban J connectivity index is 1.76. The Morgan fingerprint density at radius 3 is 2.85 bits per heavy atom. The molecule has 0 heterocycles. The zero-order valence-corrected chi connectivity index (χ0v) is 8.46. The molecule has 0 aliphatic heterocycles. The number of hydrogen-bond acceptors (Lipinski definition) is 3. The second kappa shape index (κ2) is 6.35. The van der Waals surface area contributed by atoms with Crippen LogP contribution in [-0.2, 0) is 4.74 Å². The van der Waals surface area contributed by atoms with Gasteiger partial charge in [-0.1, -0.05) is 12.8 Å². The molecular weight excluding hydrogens is 166 g/mol. The molecule has 0 aromatic rings. The molecule has 1 atom stereocenters. The predicted molar refractivity (Wildman–Crippen MR) is 52.7 cm³/mol. The Hall–Kier alpha value is -0.120. The van der Waals surface area contributed by atoms with E-state index in [4.69, 9.17) is 4.74 Å². The Labute approximate surface area is 80.5 Å². The molecule has 13 heavy (non-hydrogen) atoms. The van der Waals surface area contributed by atoms with E-state index in [9.17, 15) is 5.11 Å². The first-order chi connectivity index (χ1) is 6.33. The van der Waals surface area contributed by atoms with Crippen molar-refractivity contribution in [3.63, 3.8) is 0 Å². The summed E-state index contributed by atoms with van der Waals surface area (Å²) in [6.45, 7) is 2.45. The summed E-state index contributed by atoms with van der Waals surface area (Å²) in [5.41, 5.74) is 0. The van der Waals surface area contributed by atoms with Gasteiger partial charge in [-0.05, 0) is 31.8 Å². The second-order valence-electron chi connectivity index (χ2n) is 3.88. The second-order valence-corrected chi connectivity index (χ2v) is 3.88. The molecule has 1 fully saturated rings. The highest BCUT2D eigenvalue weighted by Crippen LogP contribution is 2.31. The fraction of sp³-hybridized carbons (Fsp3) is 1.00. The summed E-state index contributed by atoms with van der Waals surface area (Å²) in [5, 5.41) is 12.6. The molecule has 78 valence electrons. The maximum absolute atomic E-state index is 9.31. The van der Waals surface area contributed by atoms with Crippen molar-refractivity contribution in [1.82, 2.24) is 5.32 Å². The number of aliphatic hydroxyl groups is 1. The van der Waals surface area contributed by atoms with Crippen LogP contribution in [0.15, 0.2) is 0 Å². The molecule has 3 heteroatoms. The first-order valence-electron chi connectivity index (χ1n) is 5.20. The lowest BCUT2D eigenvalue weighted by Gasteiger charge is -2.09. The van der Waals surface area contributed by atoms with Crippen molar-refractivity contribution in [1.29, 1.82) is 0 Å². The third-order valence-electron chi connectivity index (χ3n) is 2.44. The van der Waals surface area contributed by atoms with Crippen molar-refractivity contribution in [3.05, 3.63) is 0 Å². The fourth-order valence-electron chi connectivity index (χ4n) is 1.38. The molecule has 1 aliphatic carbocycles. The largest absolute Gasteiger partial charge is 0.391 e. The van der Waals surface area contributed by atoms with Crippen LogP contribution < -0.4 is 5.32 Å². The quantitative estimate of drug-likeness (QED) is 0.552. The Morgan fingerprint density at radius 2 is 2.23 bits per heavy atom. The predicted octanol–water partition coefficient (Wildman–Crippen LogP) is 0.773. The first-order valence-corrected chi connectivity index (χ1v) is 5.20. The van der Waals surface area contributed by atoms with Crippen LogP contribution in [0.25, 0.3) is 0 Å². The zero-order valence-electron chi connectivity index (χ0n) is 8.46. The topological polar surface area (TPSA) is 41.5 Å². The van der Waals surface area contributed by atoms with E-state index in [2.05, 4.69) is 5.32 Å². The third-order valence-corrected chi connectivity index (χ3v) is 2.44. The number of ether oxygens (including phenoxy) is 1. The molecule has 0 spiro atoms. The van der Waals surface area contributed by atoms with Crippen LogP contribution in [0.4, 0.5) is 0 Å². The highest BCUT2D eigenvalue weighted by atomic mass is 16.5. The molecule has 0 saturated heterocycles. The number of aliphatic hydroxyl groups excluding tert-OH is 1.